The molecule has 0 amide bonds. The highest BCUT2D eigenvalue weighted by Crippen LogP contribution is 2.34. The summed E-state index contributed by atoms with van der Waals surface area (Å²) in [5.74, 6) is 0.750. The van der Waals surface area contributed by atoms with E-state index < -0.39 is 0 Å². The van der Waals surface area contributed by atoms with Crippen LogP contribution in [0.5, 0.6) is 0 Å². The van der Waals surface area contributed by atoms with Crippen LogP contribution in [0.4, 0.5) is 11.5 Å². The van der Waals surface area contributed by atoms with E-state index in [-0.39, 0.29) is 17.0 Å². The maximum absolute atomic E-state index is 4.40. The van der Waals surface area contributed by atoms with Crippen LogP contribution in [0.2, 0.25) is 0 Å². The maximum Gasteiger partial charge on any atom is 0.190 e. The van der Waals surface area contributed by atoms with Crippen LogP contribution in [0.15, 0.2) is 15.2 Å². The van der Waals surface area contributed by atoms with E-state index >= 15 is 0 Å². The minimum atomic E-state index is 0. The molecule has 82 valence electrons. The molecule has 4 nitrogen and oxygen atoms in total. The van der Waals surface area contributed by atoms with Crippen molar-refractivity contribution in [2.75, 3.05) is 24.4 Å². The first-order chi connectivity index (χ1) is 6.85. The molecule has 1 aliphatic rings. The quantitative estimate of drug-likeness (QED) is 0.517. The van der Waals surface area contributed by atoms with Crippen molar-refractivity contribution < 1.29 is 0 Å². The van der Waals surface area contributed by atoms with Crippen LogP contribution in [0, 0.1) is 0 Å². The number of hydrogen-bond donors (Lipinski definition) is 1. The summed E-state index contributed by atoms with van der Waals surface area (Å²) in [5, 5.41) is 4.97. The molecular weight excluding hydrogens is 296 g/mol. The fourth-order valence-corrected chi connectivity index (χ4v) is 2.14. The molecule has 0 saturated carbocycles. The SMILES string of the molecule is Br.CSc1nc2c(c(SC)n1)NCC=N2. The Morgan fingerprint density at radius 1 is 1.27 bits per heavy atom. The summed E-state index contributed by atoms with van der Waals surface area (Å²) in [6.07, 6.45) is 5.79. The van der Waals surface area contributed by atoms with Crippen LogP contribution >= 0.6 is 40.5 Å². The fourth-order valence-electron chi connectivity index (χ4n) is 1.18. The number of nitrogens with one attached hydrogen (secondary N) is 1. The highest BCUT2D eigenvalue weighted by Gasteiger charge is 2.14. The molecule has 0 aromatic carbocycles. The zero-order chi connectivity index (χ0) is 9.97. The third-order valence-corrected chi connectivity index (χ3v) is 3.03. The molecule has 2 heterocycles. The molecule has 1 aromatic heterocycles. The van der Waals surface area contributed by atoms with Crippen molar-refractivity contribution in [1.29, 1.82) is 0 Å². The van der Waals surface area contributed by atoms with E-state index in [1.54, 1.807) is 11.8 Å². The molecule has 0 atom stereocenters. The second kappa shape index (κ2) is 5.72. The van der Waals surface area contributed by atoms with Crippen LogP contribution in [-0.2, 0) is 0 Å². The standard InChI is InChI=1S/C8H10N4S2.BrH/c1-13-7-5-6(10-4-3-9-5)11-8(12-7)14-2;/h4,9H,3H2,1-2H3;1H. The van der Waals surface area contributed by atoms with Gasteiger partial charge < -0.3 is 5.32 Å². The van der Waals surface area contributed by atoms with E-state index in [4.69, 9.17) is 0 Å². The number of anilines is 1. The molecule has 2 rings (SSSR count). The smallest absolute Gasteiger partial charge is 0.190 e. The average Bonchev–Trinajstić information content (AvgIpc) is 2.27. The van der Waals surface area contributed by atoms with E-state index in [0.717, 1.165) is 28.2 Å². The lowest BCUT2D eigenvalue weighted by Crippen LogP contribution is -2.10. The Balaban J connectivity index is 0.00000112. The van der Waals surface area contributed by atoms with Crippen LogP contribution in [0.25, 0.3) is 0 Å². The summed E-state index contributed by atoms with van der Waals surface area (Å²) in [5.41, 5.74) is 0.956. The molecular formula is C8H11BrN4S2. The van der Waals surface area contributed by atoms with Crippen LogP contribution in [-0.4, -0.2) is 35.2 Å². The number of thioether (sulfide) groups is 2. The average molecular weight is 307 g/mol. The van der Waals surface area contributed by atoms with E-state index in [9.17, 15) is 0 Å². The zero-order valence-corrected chi connectivity index (χ0v) is 11.7. The molecule has 0 saturated heterocycles. The van der Waals surface area contributed by atoms with Gasteiger partial charge in [0.25, 0.3) is 0 Å². The predicted molar refractivity (Wildman–Crippen MR) is 72.6 cm³/mol. The van der Waals surface area contributed by atoms with E-state index in [1.807, 2.05) is 18.7 Å². The Kier molecular flexibility index (Phi) is 4.88. The normalized spacial score (nSPS) is 12.7. The van der Waals surface area contributed by atoms with E-state index in [2.05, 4.69) is 20.3 Å². The molecule has 0 radical (unpaired) electrons. The molecule has 1 N–H and O–H groups in total. The lowest BCUT2D eigenvalue weighted by atomic mass is 10.4. The molecule has 0 spiro atoms. The number of halogens is 1. The van der Waals surface area contributed by atoms with E-state index in [1.165, 1.54) is 11.8 Å². The van der Waals surface area contributed by atoms with Crippen LogP contribution in [0.1, 0.15) is 0 Å². The third kappa shape index (κ3) is 2.64. The minimum Gasteiger partial charge on any atom is -0.375 e. The van der Waals surface area contributed by atoms with Crippen molar-refractivity contribution in [3.8, 4) is 0 Å². The first-order valence-corrected chi connectivity index (χ1v) is 6.56. The summed E-state index contributed by atoms with van der Waals surface area (Å²) in [6.45, 7) is 0.753. The van der Waals surface area contributed by atoms with Gasteiger partial charge in [0, 0.05) is 6.21 Å². The van der Waals surface area contributed by atoms with Crippen LogP contribution in [0.3, 0.4) is 0 Å². The van der Waals surface area contributed by atoms with Gasteiger partial charge in [-0.3, -0.25) is 0 Å². The van der Waals surface area contributed by atoms with E-state index in [0.29, 0.717) is 0 Å². The van der Waals surface area contributed by atoms with Gasteiger partial charge in [0.05, 0.1) is 6.54 Å². The van der Waals surface area contributed by atoms with Gasteiger partial charge in [-0.15, -0.1) is 28.7 Å². The van der Waals surface area contributed by atoms with Crippen LogP contribution < -0.4 is 5.32 Å². The largest absolute Gasteiger partial charge is 0.375 e. The van der Waals surface area contributed by atoms with Gasteiger partial charge in [0.2, 0.25) is 0 Å². The molecule has 0 fully saturated rings. The van der Waals surface area contributed by atoms with Crippen molar-refractivity contribution in [1.82, 2.24) is 9.97 Å². The summed E-state index contributed by atoms with van der Waals surface area (Å²) in [7, 11) is 0. The van der Waals surface area contributed by atoms with Gasteiger partial charge in [-0.25, -0.2) is 15.0 Å². The maximum atomic E-state index is 4.40. The summed E-state index contributed by atoms with van der Waals surface area (Å²) in [6, 6.07) is 0. The van der Waals surface area contributed by atoms with Gasteiger partial charge in [-0.05, 0) is 12.5 Å². The van der Waals surface area contributed by atoms with Crippen molar-refractivity contribution in [2.24, 2.45) is 4.99 Å². The highest BCUT2D eigenvalue weighted by molar-refractivity contribution is 8.93. The lowest BCUT2D eigenvalue weighted by Gasteiger charge is -2.14. The van der Waals surface area contributed by atoms with Gasteiger partial charge >= 0.3 is 0 Å². The second-order valence-corrected chi connectivity index (χ2v) is 4.18. The fraction of sp³-hybridized carbons (Fsp3) is 0.375. The number of rotatable bonds is 2. The second-order valence-electron chi connectivity index (χ2n) is 2.61. The van der Waals surface area contributed by atoms with Gasteiger partial charge in [0.15, 0.2) is 11.0 Å². The third-order valence-electron chi connectivity index (χ3n) is 1.80. The molecule has 0 bridgehead atoms. The number of aromatic nitrogens is 2. The monoisotopic (exact) mass is 306 g/mol. The lowest BCUT2D eigenvalue weighted by molar-refractivity contribution is 0.892. The molecule has 0 aliphatic carbocycles. The summed E-state index contributed by atoms with van der Waals surface area (Å²) >= 11 is 3.15. The molecule has 0 unspecified atom stereocenters. The number of fused-ring (bicyclic) bond motifs is 1. The molecule has 7 heteroatoms. The first kappa shape index (κ1) is 12.8. The van der Waals surface area contributed by atoms with Crippen molar-refractivity contribution in [2.45, 2.75) is 10.2 Å². The van der Waals surface area contributed by atoms with Crippen molar-refractivity contribution in [3.05, 3.63) is 0 Å². The summed E-state index contributed by atoms with van der Waals surface area (Å²) < 4.78 is 0. The Bertz CT molecular complexity index is 383. The minimum absolute atomic E-state index is 0. The summed E-state index contributed by atoms with van der Waals surface area (Å²) in [4.78, 5) is 13.0. The predicted octanol–water partition coefficient (Wildman–Crippen LogP) is 2.63. The first-order valence-electron chi connectivity index (χ1n) is 4.11. The highest BCUT2D eigenvalue weighted by atomic mass is 79.9. The van der Waals surface area contributed by atoms with Crippen molar-refractivity contribution in [3.63, 3.8) is 0 Å². The Morgan fingerprint density at radius 3 is 2.73 bits per heavy atom. The number of aliphatic imine (C=N–C) groups is 1. The van der Waals surface area contributed by atoms with Gasteiger partial charge in [-0.1, -0.05) is 11.8 Å². The topological polar surface area (TPSA) is 50.2 Å². The molecule has 1 aromatic rings. The molecule has 1 aliphatic heterocycles. The number of nitrogens with zero attached hydrogens (tertiary/aromatic N) is 3. The van der Waals surface area contributed by atoms with Gasteiger partial charge in [-0.2, -0.15) is 0 Å². The van der Waals surface area contributed by atoms with Gasteiger partial charge in [0.1, 0.15) is 10.7 Å². The Morgan fingerprint density at radius 2 is 2.07 bits per heavy atom. The molecule has 15 heavy (non-hydrogen) atoms. The van der Waals surface area contributed by atoms with Crippen molar-refractivity contribution >= 4 is 58.2 Å². The zero-order valence-electron chi connectivity index (χ0n) is 8.35. The Labute approximate surface area is 108 Å². The Hall–Kier alpha value is -0.270. The number of hydrogen-bond acceptors (Lipinski definition) is 6.